The number of nitrogens with zero attached hydrogens (tertiary/aromatic N) is 2. The highest BCUT2D eigenvalue weighted by atomic mass is 16.3. The summed E-state index contributed by atoms with van der Waals surface area (Å²) in [7, 11) is 0. The van der Waals surface area contributed by atoms with E-state index in [1.165, 1.54) is 0 Å². The molecule has 0 aromatic carbocycles. The number of urea groups is 1. The van der Waals surface area contributed by atoms with Crippen LogP contribution in [0.3, 0.4) is 0 Å². The average molecular weight is 366 g/mol. The Morgan fingerprint density at radius 1 is 1.22 bits per heavy atom. The van der Waals surface area contributed by atoms with Crippen LogP contribution in [0.5, 0.6) is 0 Å². The molecule has 0 aliphatic carbocycles. The van der Waals surface area contributed by atoms with E-state index in [1.54, 1.807) is 18.5 Å². The van der Waals surface area contributed by atoms with Crippen LogP contribution >= 0.6 is 0 Å². The Balaban J connectivity index is 1.45. The Morgan fingerprint density at radius 2 is 2.07 bits per heavy atom. The van der Waals surface area contributed by atoms with E-state index in [4.69, 9.17) is 4.42 Å². The average Bonchev–Trinajstić information content (AvgIpc) is 3.31. The first-order chi connectivity index (χ1) is 13.2. The second-order valence-electron chi connectivity index (χ2n) is 6.92. The maximum absolute atomic E-state index is 12.7. The van der Waals surface area contributed by atoms with Gasteiger partial charge in [-0.1, -0.05) is 12.1 Å². The van der Waals surface area contributed by atoms with Gasteiger partial charge in [0.05, 0.1) is 12.0 Å². The highest BCUT2D eigenvalue weighted by Crippen LogP contribution is 2.38. The molecule has 2 aromatic rings. The first-order valence-corrected chi connectivity index (χ1v) is 9.16. The van der Waals surface area contributed by atoms with Gasteiger partial charge in [-0.3, -0.25) is 20.0 Å². The minimum absolute atomic E-state index is 0.00385. The molecule has 140 valence electrons. The molecule has 0 spiro atoms. The van der Waals surface area contributed by atoms with Crippen LogP contribution in [0.1, 0.15) is 24.3 Å². The van der Waals surface area contributed by atoms with E-state index in [0.29, 0.717) is 5.69 Å². The summed E-state index contributed by atoms with van der Waals surface area (Å²) >= 11 is 0. The van der Waals surface area contributed by atoms with Crippen molar-refractivity contribution in [1.29, 1.82) is 0 Å². The van der Waals surface area contributed by atoms with Crippen molar-refractivity contribution in [1.82, 2.24) is 20.5 Å². The SMILES string of the molecule is O=C1NC(=O)[C@@](c2ccccn2)(C2CCN(C/C=C/c3ccco3)CC2)N1. The van der Waals surface area contributed by atoms with E-state index in [9.17, 15) is 9.59 Å². The number of piperidine rings is 1. The van der Waals surface area contributed by atoms with Gasteiger partial charge in [-0.15, -0.1) is 0 Å². The molecular weight excluding hydrogens is 344 g/mol. The number of pyridine rings is 1. The number of imide groups is 1. The number of nitrogens with one attached hydrogen (secondary N) is 2. The number of aromatic nitrogens is 1. The largest absolute Gasteiger partial charge is 0.465 e. The zero-order valence-corrected chi connectivity index (χ0v) is 14.9. The summed E-state index contributed by atoms with van der Waals surface area (Å²) < 4.78 is 5.29. The number of amides is 3. The molecule has 2 saturated heterocycles. The standard InChI is InChI=1S/C20H22N4O3/c25-18-20(23-19(26)22-18,17-7-1-2-10-21-17)15-8-12-24(13-9-15)11-3-5-16-6-4-14-27-16/h1-7,10,14-15H,8-9,11-13H2,(H2,22,23,25,26)/b5-3+/t20-/m0/s1. The number of carbonyl (C=O) groups excluding carboxylic acids is 2. The quantitative estimate of drug-likeness (QED) is 0.792. The van der Waals surface area contributed by atoms with Gasteiger partial charge < -0.3 is 9.73 Å². The maximum atomic E-state index is 12.7. The molecule has 0 bridgehead atoms. The molecule has 0 unspecified atom stereocenters. The number of carbonyl (C=O) groups is 2. The Hall–Kier alpha value is -2.93. The van der Waals surface area contributed by atoms with Crippen LogP contribution in [0.2, 0.25) is 0 Å². The molecule has 3 amide bonds. The predicted octanol–water partition coefficient (Wildman–Crippen LogP) is 2.13. The lowest BCUT2D eigenvalue weighted by atomic mass is 9.75. The third-order valence-electron chi connectivity index (χ3n) is 5.35. The fourth-order valence-electron chi connectivity index (χ4n) is 3.99. The lowest BCUT2D eigenvalue weighted by Crippen LogP contribution is -2.54. The molecule has 0 saturated carbocycles. The first-order valence-electron chi connectivity index (χ1n) is 9.16. The number of furan rings is 1. The normalized spacial score (nSPS) is 24.3. The van der Waals surface area contributed by atoms with E-state index in [1.807, 2.05) is 30.3 Å². The van der Waals surface area contributed by atoms with Crippen molar-refractivity contribution in [3.8, 4) is 0 Å². The Kier molecular flexibility index (Phi) is 4.77. The van der Waals surface area contributed by atoms with Crippen molar-refractivity contribution in [3.05, 3.63) is 60.3 Å². The van der Waals surface area contributed by atoms with Gasteiger partial charge in [0.2, 0.25) is 0 Å². The molecule has 27 heavy (non-hydrogen) atoms. The van der Waals surface area contributed by atoms with Gasteiger partial charge in [-0.05, 0) is 62.2 Å². The van der Waals surface area contributed by atoms with Crippen LogP contribution in [0.25, 0.3) is 6.08 Å². The molecule has 4 rings (SSSR count). The van der Waals surface area contributed by atoms with Crippen LogP contribution in [-0.4, -0.2) is 41.5 Å². The Morgan fingerprint density at radius 3 is 2.70 bits per heavy atom. The van der Waals surface area contributed by atoms with Crippen molar-refractivity contribution >= 4 is 18.0 Å². The van der Waals surface area contributed by atoms with Crippen molar-refractivity contribution in [2.75, 3.05) is 19.6 Å². The number of hydrogen-bond donors (Lipinski definition) is 2. The molecule has 2 N–H and O–H groups in total. The highest BCUT2D eigenvalue weighted by Gasteiger charge is 2.54. The predicted molar refractivity (Wildman–Crippen MR) is 99.5 cm³/mol. The number of hydrogen-bond acceptors (Lipinski definition) is 5. The molecule has 2 fully saturated rings. The summed E-state index contributed by atoms with van der Waals surface area (Å²) in [6, 6.07) is 8.79. The van der Waals surface area contributed by atoms with E-state index >= 15 is 0 Å². The van der Waals surface area contributed by atoms with Gasteiger partial charge in [-0.2, -0.15) is 0 Å². The summed E-state index contributed by atoms with van der Waals surface area (Å²) in [5.74, 6) is 0.538. The van der Waals surface area contributed by atoms with Crippen LogP contribution in [-0.2, 0) is 10.3 Å². The van der Waals surface area contributed by atoms with E-state index < -0.39 is 11.6 Å². The molecule has 2 aliphatic heterocycles. The van der Waals surface area contributed by atoms with Crippen molar-refractivity contribution in [2.45, 2.75) is 18.4 Å². The van der Waals surface area contributed by atoms with Crippen molar-refractivity contribution in [3.63, 3.8) is 0 Å². The highest BCUT2D eigenvalue weighted by molar-refractivity contribution is 6.07. The fraction of sp³-hybridized carbons (Fsp3) is 0.350. The zero-order chi connectivity index (χ0) is 18.7. The summed E-state index contributed by atoms with van der Waals surface area (Å²) in [6.45, 7) is 2.53. The second kappa shape index (κ2) is 7.36. The van der Waals surface area contributed by atoms with Gasteiger partial charge in [0.1, 0.15) is 5.76 Å². The molecule has 2 aliphatic rings. The third kappa shape index (κ3) is 3.38. The monoisotopic (exact) mass is 366 g/mol. The molecule has 2 aromatic heterocycles. The molecule has 0 radical (unpaired) electrons. The zero-order valence-electron chi connectivity index (χ0n) is 14.9. The Bertz CT molecular complexity index is 826. The molecule has 1 atom stereocenters. The lowest BCUT2D eigenvalue weighted by Gasteiger charge is -2.40. The van der Waals surface area contributed by atoms with Gasteiger partial charge in [0.15, 0.2) is 5.54 Å². The van der Waals surface area contributed by atoms with E-state index in [0.717, 1.165) is 38.2 Å². The number of rotatable bonds is 5. The van der Waals surface area contributed by atoms with Crippen LogP contribution in [0.15, 0.2) is 53.3 Å². The third-order valence-corrected chi connectivity index (χ3v) is 5.35. The Labute approximate surface area is 157 Å². The van der Waals surface area contributed by atoms with Crippen LogP contribution < -0.4 is 10.6 Å². The molecular formula is C20H22N4O3. The maximum Gasteiger partial charge on any atom is 0.322 e. The first kappa shape index (κ1) is 17.5. The summed E-state index contributed by atoms with van der Waals surface area (Å²) in [4.78, 5) is 31.3. The van der Waals surface area contributed by atoms with Crippen molar-refractivity contribution in [2.24, 2.45) is 5.92 Å². The lowest BCUT2D eigenvalue weighted by molar-refractivity contribution is -0.127. The van der Waals surface area contributed by atoms with Crippen LogP contribution in [0, 0.1) is 5.92 Å². The fourth-order valence-corrected chi connectivity index (χ4v) is 3.99. The van der Waals surface area contributed by atoms with Crippen LogP contribution in [0.4, 0.5) is 4.79 Å². The smallest absolute Gasteiger partial charge is 0.322 e. The van der Waals surface area contributed by atoms with Gasteiger partial charge in [0, 0.05) is 12.7 Å². The second-order valence-corrected chi connectivity index (χ2v) is 6.92. The minimum atomic E-state index is -1.07. The summed E-state index contributed by atoms with van der Waals surface area (Å²) in [5, 5.41) is 5.27. The topological polar surface area (TPSA) is 87.5 Å². The minimum Gasteiger partial charge on any atom is -0.465 e. The van der Waals surface area contributed by atoms with Crippen molar-refractivity contribution < 1.29 is 14.0 Å². The van der Waals surface area contributed by atoms with Gasteiger partial charge in [-0.25, -0.2) is 4.79 Å². The van der Waals surface area contributed by atoms with Gasteiger partial charge in [0.25, 0.3) is 5.91 Å². The molecule has 4 heterocycles. The van der Waals surface area contributed by atoms with E-state index in [2.05, 4.69) is 26.6 Å². The van der Waals surface area contributed by atoms with Gasteiger partial charge >= 0.3 is 6.03 Å². The van der Waals surface area contributed by atoms with E-state index in [-0.39, 0.29) is 11.8 Å². The molecule has 7 nitrogen and oxygen atoms in total. The number of likely N-dealkylation sites (tertiary alicyclic amines) is 1. The molecule has 7 heteroatoms. The summed E-state index contributed by atoms with van der Waals surface area (Å²) in [6.07, 6.45) is 8.97. The summed E-state index contributed by atoms with van der Waals surface area (Å²) in [5.41, 5.74) is -0.474.